The highest BCUT2D eigenvalue weighted by atomic mass is 32.2. The second-order valence-electron chi connectivity index (χ2n) is 29.6. The summed E-state index contributed by atoms with van der Waals surface area (Å²) < 4.78 is 0. The summed E-state index contributed by atoms with van der Waals surface area (Å²) in [6.07, 6.45) is 15.9. The van der Waals surface area contributed by atoms with Gasteiger partial charge in [0, 0.05) is 5.56 Å². The van der Waals surface area contributed by atoms with Crippen molar-refractivity contribution in [3.05, 3.63) is 451 Å². The van der Waals surface area contributed by atoms with Gasteiger partial charge >= 0.3 is 0 Å². The minimum Gasteiger partial charge on any atom is -0.0654 e. The molecule has 586 valence electrons. The fourth-order valence-electron chi connectivity index (χ4n) is 13.8. The Hall–Kier alpha value is -9.95. The van der Waals surface area contributed by atoms with Crippen molar-refractivity contribution in [3.8, 4) is 0 Å². The van der Waals surface area contributed by atoms with Gasteiger partial charge in [-0.15, -0.1) is 0 Å². The van der Waals surface area contributed by atoms with Gasteiger partial charge in [0.05, 0.1) is 54.5 Å². The number of benzene rings is 15. The molecule has 116 heavy (non-hydrogen) atoms. The van der Waals surface area contributed by atoms with Gasteiger partial charge < -0.3 is 0 Å². The van der Waals surface area contributed by atoms with Crippen LogP contribution >= 0.6 is 0 Å². The van der Waals surface area contributed by atoms with Gasteiger partial charge in [0.2, 0.25) is 0 Å². The maximum Gasteiger partial charge on any atom is 0.169 e. The molecular formula is C111H117S5+5. The molecule has 0 aromatic heterocycles. The lowest BCUT2D eigenvalue weighted by Crippen LogP contribution is -2.06. The molecule has 0 bridgehead atoms. The van der Waals surface area contributed by atoms with E-state index in [2.05, 4.69) is 468 Å². The number of unbranched alkanes of at least 4 members (excludes halogenated alkanes) is 8. The van der Waals surface area contributed by atoms with Crippen molar-refractivity contribution >= 4 is 54.5 Å². The summed E-state index contributed by atoms with van der Waals surface area (Å²) in [5.74, 6) is 0.573. The van der Waals surface area contributed by atoms with E-state index in [-0.39, 0.29) is 54.5 Å². The average molecular weight is 1610 g/mol. The van der Waals surface area contributed by atoms with E-state index in [9.17, 15) is 0 Å². The Labute approximate surface area is 711 Å². The largest absolute Gasteiger partial charge is 0.169 e. The van der Waals surface area contributed by atoms with Crippen molar-refractivity contribution < 1.29 is 0 Å². The molecule has 0 spiro atoms. The normalized spacial score (nSPS) is 10.9. The van der Waals surface area contributed by atoms with Gasteiger partial charge in [0.25, 0.3) is 0 Å². The van der Waals surface area contributed by atoms with Crippen molar-refractivity contribution in [2.75, 3.05) is 0 Å². The number of rotatable bonds is 28. The van der Waals surface area contributed by atoms with E-state index in [4.69, 9.17) is 0 Å². The molecule has 15 aromatic rings. The maximum atomic E-state index is 2.34. The van der Waals surface area contributed by atoms with E-state index in [0.717, 1.165) is 0 Å². The molecule has 0 saturated heterocycles. The molecule has 15 rings (SSSR count). The van der Waals surface area contributed by atoms with Gasteiger partial charge in [-0.1, -0.05) is 332 Å². The summed E-state index contributed by atoms with van der Waals surface area (Å²) in [6.45, 7) is 17.7. The number of hydrogen-bond donors (Lipinski definition) is 0. The predicted molar refractivity (Wildman–Crippen MR) is 505 cm³/mol. The molecule has 5 heteroatoms. The van der Waals surface area contributed by atoms with E-state index in [1.165, 1.54) is 189 Å². The zero-order valence-electron chi connectivity index (χ0n) is 69.4. The van der Waals surface area contributed by atoms with Crippen LogP contribution in [0.2, 0.25) is 0 Å². The predicted octanol–water partition coefficient (Wildman–Crippen LogP) is 31.3. The van der Waals surface area contributed by atoms with Crippen molar-refractivity contribution in [1.29, 1.82) is 0 Å². The van der Waals surface area contributed by atoms with Gasteiger partial charge in [-0.05, 0) is 252 Å². The third-order valence-electron chi connectivity index (χ3n) is 20.1. The zero-order valence-corrected chi connectivity index (χ0v) is 73.4. The lowest BCUT2D eigenvalue weighted by Gasteiger charge is -2.10. The first-order valence-corrected chi connectivity index (χ1v) is 47.8. The Morgan fingerprint density at radius 1 is 0.198 bits per heavy atom. The highest BCUT2D eigenvalue weighted by molar-refractivity contribution is 7.98. The first-order valence-electron chi connectivity index (χ1n) is 41.7. The average Bonchev–Trinajstić information content (AvgIpc) is 0.863. The molecule has 0 heterocycles. The molecule has 0 aliphatic rings. The molecule has 0 nitrogen and oxygen atoms in total. The van der Waals surface area contributed by atoms with Crippen LogP contribution in [0.1, 0.15) is 137 Å². The summed E-state index contributed by atoms with van der Waals surface area (Å²) in [6, 6.07) is 150. The lowest BCUT2D eigenvalue weighted by molar-refractivity contribution is 0.607. The molecule has 0 N–H and O–H groups in total. The Kier molecular flexibility index (Phi) is 35.9. The summed E-state index contributed by atoms with van der Waals surface area (Å²) in [5, 5.41) is 0. The van der Waals surface area contributed by atoms with Gasteiger partial charge in [-0.25, -0.2) is 0 Å². The topological polar surface area (TPSA) is 0 Å². The summed E-state index contributed by atoms with van der Waals surface area (Å²) in [4.78, 5) is 20.7. The molecule has 0 aliphatic heterocycles. The Morgan fingerprint density at radius 3 is 0.655 bits per heavy atom. The molecule has 0 atom stereocenters. The van der Waals surface area contributed by atoms with Crippen LogP contribution in [0.3, 0.4) is 0 Å². The van der Waals surface area contributed by atoms with Crippen LogP contribution in [0.4, 0.5) is 0 Å². The van der Waals surface area contributed by atoms with Crippen LogP contribution in [0.15, 0.2) is 486 Å². The fraction of sp³-hybridized carbons (Fsp3) is 0.189. The minimum absolute atomic E-state index is 0.0312. The highest BCUT2D eigenvalue weighted by Gasteiger charge is 2.33. The smallest absolute Gasteiger partial charge is 0.0654 e. The first-order chi connectivity index (χ1) is 57.0. The third-order valence-corrected chi connectivity index (χ3v) is 31.4. The van der Waals surface area contributed by atoms with Crippen molar-refractivity contribution in [3.63, 3.8) is 0 Å². The molecule has 15 aromatic carbocycles. The zero-order chi connectivity index (χ0) is 80.7. The standard InChI is InChI=1S/C26H31S.C24H27S.C21H21S.2C20H19S/c1-2-3-4-5-6-9-14-23-19-21-26(22-20-23)27(24-15-10-7-11-16-24)25-17-12-8-13-18-25;1-2-3-4-7-12-21-17-19-24(20-18-21)25(22-13-8-5-9-14-22)23-15-10-6-11-16-23;1-17(2)18-13-15-21(16-14-18)22(19-9-5-3-6-10-19)20-11-7-4-8-12-20;1-16-13-14-20(17(2)15-16)21(18-9-5-3-6-10-18)19-11-7-4-8-12-19;1-16-8-12-19(13-9-16)21(18-6-4-3-5-7-18)20-14-10-17(2)11-15-20/h7-8,10-13,15-22H,2-6,9,14H2,1H3;5-6,8-11,13-20H,2-4,7,12H2,1H3;3-17H,1-2H3;2*3-15H,1-2H3/q5*+1. The van der Waals surface area contributed by atoms with E-state index in [1.54, 1.807) is 0 Å². The van der Waals surface area contributed by atoms with Crippen LogP contribution in [-0.2, 0) is 67.3 Å². The van der Waals surface area contributed by atoms with E-state index >= 15 is 0 Å². The Balaban J connectivity index is 0.000000143. The Bertz CT molecular complexity index is 4950. The first kappa shape index (κ1) is 86.9. The van der Waals surface area contributed by atoms with Crippen LogP contribution in [0.25, 0.3) is 0 Å². The third kappa shape index (κ3) is 26.8. The van der Waals surface area contributed by atoms with E-state index in [0.29, 0.717) is 5.92 Å². The summed E-state index contributed by atoms with van der Waals surface area (Å²) >= 11 is 0. The highest BCUT2D eigenvalue weighted by Crippen LogP contribution is 2.38. The second-order valence-corrected chi connectivity index (χ2v) is 39.7. The number of aryl methyl sites for hydroxylation is 6. The maximum absolute atomic E-state index is 2.34. The van der Waals surface area contributed by atoms with Crippen molar-refractivity contribution in [2.24, 2.45) is 0 Å². The van der Waals surface area contributed by atoms with Crippen LogP contribution < -0.4 is 0 Å². The SMILES string of the molecule is CC(C)c1ccc([S+](c2ccccc2)c2ccccc2)cc1.CCCCCCCCc1ccc([S+](c2ccccc2)c2ccccc2)cc1.CCCCCCc1ccc([S+](c2ccccc2)c2ccccc2)cc1.Cc1ccc([S+](c2ccccc2)c2ccc(C)cc2)cc1.Cc1ccc([S+](c2ccccc2)c2ccccc2)c(C)c1. The summed E-state index contributed by atoms with van der Waals surface area (Å²) in [7, 11) is -0.167. The van der Waals surface area contributed by atoms with Crippen molar-refractivity contribution in [2.45, 2.75) is 212 Å². The molecule has 0 radical (unpaired) electrons. The number of hydrogen-bond acceptors (Lipinski definition) is 0. The monoisotopic (exact) mass is 1610 g/mol. The lowest BCUT2D eigenvalue weighted by atomic mass is 10.0. The van der Waals surface area contributed by atoms with E-state index < -0.39 is 0 Å². The van der Waals surface area contributed by atoms with Crippen LogP contribution in [0, 0.1) is 27.7 Å². The van der Waals surface area contributed by atoms with E-state index in [1.807, 2.05) is 0 Å². The van der Waals surface area contributed by atoms with Gasteiger partial charge in [-0.2, -0.15) is 0 Å². The summed E-state index contributed by atoms with van der Waals surface area (Å²) in [5.41, 5.74) is 9.63. The van der Waals surface area contributed by atoms with Gasteiger partial charge in [0.1, 0.15) is 0 Å². The quantitative estimate of drug-likeness (QED) is 0.0339. The minimum atomic E-state index is -0.0361. The van der Waals surface area contributed by atoms with Gasteiger partial charge in [-0.3, -0.25) is 0 Å². The molecule has 0 aliphatic carbocycles. The molecule has 0 saturated carbocycles. The Morgan fingerprint density at radius 2 is 0.405 bits per heavy atom. The van der Waals surface area contributed by atoms with Gasteiger partial charge in [0.15, 0.2) is 73.4 Å². The molecule has 0 amide bonds. The molecule has 0 unspecified atom stereocenters. The molecule has 0 fully saturated rings. The second kappa shape index (κ2) is 47.9. The van der Waals surface area contributed by atoms with Crippen LogP contribution in [-0.4, -0.2) is 0 Å². The molecular weight excluding hydrogens is 1490 g/mol. The van der Waals surface area contributed by atoms with Crippen molar-refractivity contribution in [1.82, 2.24) is 0 Å². The fourth-order valence-corrected chi connectivity index (χ4v) is 24.4. The van der Waals surface area contributed by atoms with Crippen LogP contribution in [0.5, 0.6) is 0 Å².